The molecule has 26 heavy (non-hydrogen) atoms. The number of carbonyl (C=O) groups is 1. The lowest BCUT2D eigenvalue weighted by molar-refractivity contribution is -0.142. The summed E-state index contributed by atoms with van der Waals surface area (Å²) in [5, 5.41) is 10.2. The number of amides is 1. The van der Waals surface area contributed by atoms with Gasteiger partial charge >= 0.3 is 0 Å². The maximum absolute atomic E-state index is 13.4. The van der Waals surface area contributed by atoms with Crippen LogP contribution in [0.2, 0.25) is 0 Å². The van der Waals surface area contributed by atoms with Crippen LogP contribution in [0.1, 0.15) is 43.9 Å². The first kappa shape index (κ1) is 18.5. The third kappa shape index (κ3) is 3.12. The second kappa shape index (κ2) is 7.16. The number of hydrogen-bond donors (Lipinski definition) is 1. The van der Waals surface area contributed by atoms with E-state index in [4.69, 9.17) is 0 Å². The van der Waals surface area contributed by atoms with E-state index in [1.165, 1.54) is 24.3 Å². The Morgan fingerprint density at radius 2 is 1.50 bits per heavy atom. The van der Waals surface area contributed by atoms with E-state index < -0.39 is 17.6 Å². The fraction of sp³-hybridized carbons (Fsp3) is 0.381. The van der Waals surface area contributed by atoms with Crippen LogP contribution < -0.4 is 0 Å². The summed E-state index contributed by atoms with van der Waals surface area (Å²) >= 11 is 0. The number of aliphatic hydroxyl groups excluding tert-OH is 1. The van der Waals surface area contributed by atoms with E-state index >= 15 is 0 Å². The molecule has 0 aromatic heterocycles. The Bertz CT molecular complexity index is 728. The van der Waals surface area contributed by atoms with Gasteiger partial charge in [0.1, 0.15) is 11.6 Å². The molecule has 2 aromatic rings. The molecule has 0 spiro atoms. The van der Waals surface area contributed by atoms with Gasteiger partial charge in [0.2, 0.25) is 5.91 Å². The van der Waals surface area contributed by atoms with E-state index in [0.717, 1.165) is 11.1 Å². The molecular formula is C21H23F2NO2. The van der Waals surface area contributed by atoms with E-state index in [1.54, 1.807) is 36.1 Å². The van der Waals surface area contributed by atoms with Gasteiger partial charge in [0.05, 0.1) is 17.6 Å². The van der Waals surface area contributed by atoms with E-state index in [9.17, 15) is 18.7 Å². The number of aliphatic hydroxyl groups is 1. The summed E-state index contributed by atoms with van der Waals surface area (Å²) in [4.78, 5) is 15.0. The molecule has 3 rings (SSSR count). The molecule has 0 aliphatic carbocycles. The molecule has 2 aromatic carbocycles. The zero-order valence-electron chi connectivity index (χ0n) is 15.0. The summed E-state index contributed by atoms with van der Waals surface area (Å²) in [6.45, 7) is 4.03. The topological polar surface area (TPSA) is 40.5 Å². The molecule has 5 heteroatoms. The van der Waals surface area contributed by atoms with Crippen molar-refractivity contribution in [1.82, 2.24) is 4.90 Å². The fourth-order valence-electron chi connectivity index (χ4n) is 3.91. The van der Waals surface area contributed by atoms with Gasteiger partial charge in [0, 0.05) is 6.54 Å². The Hall–Kier alpha value is -2.27. The molecule has 1 aliphatic rings. The Labute approximate surface area is 152 Å². The molecule has 0 saturated carbocycles. The molecular weight excluding hydrogens is 336 g/mol. The Morgan fingerprint density at radius 3 is 1.85 bits per heavy atom. The summed E-state index contributed by atoms with van der Waals surface area (Å²) in [7, 11) is 0. The van der Waals surface area contributed by atoms with Gasteiger partial charge in [0.25, 0.3) is 0 Å². The van der Waals surface area contributed by atoms with Crippen LogP contribution in [0.3, 0.4) is 0 Å². The Morgan fingerprint density at radius 1 is 1.04 bits per heavy atom. The highest BCUT2D eigenvalue weighted by atomic mass is 19.1. The molecule has 1 N–H and O–H groups in total. The number of rotatable bonds is 5. The minimum Gasteiger partial charge on any atom is -0.392 e. The van der Waals surface area contributed by atoms with Crippen LogP contribution in [0.15, 0.2) is 48.5 Å². The van der Waals surface area contributed by atoms with E-state index in [2.05, 4.69) is 0 Å². The first-order chi connectivity index (χ1) is 12.4. The van der Waals surface area contributed by atoms with Gasteiger partial charge < -0.3 is 10.0 Å². The van der Waals surface area contributed by atoms with Crippen molar-refractivity contribution in [2.45, 2.75) is 38.8 Å². The molecule has 0 bridgehead atoms. The van der Waals surface area contributed by atoms with Crippen LogP contribution in [-0.2, 0) is 4.79 Å². The summed E-state index contributed by atoms with van der Waals surface area (Å²) in [5.74, 6) is -0.828. The van der Waals surface area contributed by atoms with E-state index in [1.807, 2.05) is 6.92 Å². The third-order valence-corrected chi connectivity index (χ3v) is 5.60. The van der Waals surface area contributed by atoms with Crippen LogP contribution in [0.5, 0.6) is 0 Å². The van der Waals surface area contributed by atoms with Crippen molar-refractivity contribution in [2.24, 2.45) is 5.41 Å². The van der Waals surface area contributed by atoms with E-state index in [-0.39, 0.29) is 17.5 Å². The monoisotopic (exact) mass is 359 g/mol. The zero-order chi connectivity index (χ0) is 18.9. The predicted molar refractivity (Wildman–Crippen MR) is 95.4 cm³/mol. The summed E-state index contributed by atoms with van der Waals surface area (Å²) in [6.07, 6.45) is 0.338. The zero-order valence-corrected chi connectivity index (χ0v) is 15.0. The maximum atomic E-state index is 13.4. The van der Waals surface area contributed by atoms with Crippen LogP contribution in [0.25, 0.3) is 0 Å². The van der Waals surface area contributed by atoms with Gasteiger partial charge in [-0.1, -0.05) is 31.2 Å². The van der Waals surface area contributed by atoms with Crippen molar-refractivity contribution < 1.29 is 18.7 Å². The molecule has 3 nitrogen and oxygen atoms in total. The number of hydrogen-bond acceptors (Lipinski definition) is 2. The minimum absolute atomic E-state index is 0.117. The molecule has 0 radical (unpaired) electrons. The standard InChI is InChI=1S/C21H23F2NO2/c1-3-21(14(2)25)12-13-24(20(21)26)19(15-4-8-17(22)9-5-15)16-6-10-18(23)11-7-16/h4-11,14,19,25H,3,12-13H2,1-2H3. The number of halogens is 2. The first-order valence-corrected chi connectivity index (χ1v) is 8.89. The van der Waals surface area contributed by atoms with Crippen molar-refractivity contribution >= 4 is 5.91 Å². The van der Waals surface area contributed by atoms with Crippen molar-refractivity contribution in [1.29, 1.82) is 0 Å². The van der Waals surface area contributed by atoms with Gasteiger partial charge in [0.15, 0.2) is 0 Å². The molecule has 1 saturated heterocycles. The molecule has 1 heterocycles. The van der Waals surface area contributed by atoms with Crippen molar-refractivity contribution in [3.8, 4) is 0 Å². The number of benzene rings is 2. The van der Waals surface area contributed by atoms with Gasteiger partial charge in [-0.25, -0.2) is 8.78 Å². The van der Waals surface area contributed by atoms with E-state index in [0.29, 0.717) is 19.4 Å². The van der Waals surface area contributed by atoms with Gasteiger partial charge in [-0.2, -0.15) is 0 Å². The lowest BCUT2D eigenvalue weighted by atomic mass is 9.78. The van der Waals surface area contributed by atoms with Gasteiger partial charge in [-0.15, -0.1) is 0 Å². The van der Waals surface area contributed by atoms with Crippen molar-refractivity contribution in [3.05, 3.63) is 71.3 Å². The second-order valence-electron chi connectivity index (χ2n) is 6.94. The largest absolute Gasteiger partial charge is 0.392 e. The molecule has 2 unspecified atom stereocenters. The lowest BCUT2D eigenvalue weighted by Crippen LogP contribution is -2.42. The normalized spacial score (nSPS) is 21.5. The lowest BCUT2D eigenvalue weighted by Gasteiger charge is -2.33. The predicted octanol–water partition coefficient (Wildman–Crippen LogP) is 4.06. The fourth-order valence-corrected chi connectivity index (χ4v) is 3.91. The average Bonchev–Trinajstić information content (AvgIpc) is 2.96. The van der Waals surface area contributed by atoms with Crippen molar-refractivity contribution in [3.63, 3.8) is 0 Å². The summed E-state index contributed by atoms with van der Waals surface area (Å²) in [6, 6.07) is 11.5. The Balaban J connectivity index is 2.05. The molecule has 1 aliphatic heterocycles. The number of carbonyl (C=O) groups excluding carboxylic acids is 1. The van der Waals surface area contributed by atoms with Crippen LogP contribution in [-0.4, -0.2) is 28.6 Å². The number of nitrogens with zero attached hydrogens (tertiary/aromatic N) is 1. The quantitative estimate of drug-likeness (QED) is 0.874. The number of likely N-dealkylation sites (tertiary alicyclic amines) is 1. The minimum atomic E-state index is -0.807. The smallest absolute Gasteiger partial charge is 0.232 e. The Kier molecular flexibility index (Phi) is 5.10. The summed E-state index contributed by atoms with van der Waals surface area (Å²) < 4.78 is 26.8. The van der Waals surface area contributed by atoms with Gasteiger partial charge in [-0.05, 0) is 55.2 Å². The highest BCUT2D eigenvalue weighted by Crippen LogP contribution is 2.43. The van der Waals surface area contributed by atoms with Gasteiger partial charge in [-0.3, -0.25) is 4.79 Å². The van der Waals surface area contributed by atoms with Crippen LogP contribution in [0, 0.1) is 17.0 Å². The van der Waals surface area contributed by atoms with Crippen LogP contribution in [0.4, 0.5) is 8.78 Å². The highest BCUT2D eigenvalue weighted by molar-refractivity contribution is 5.86. The molecule has 1 amide bonds. The van der Waals surface area contributed by atoms with Crippen molar-refractivity contribution in [2.75, 3.05) is 6.54 Å². The second-order valence-corrected chi connectivity index (χ2v) is 6.94. The maximum Gasteiger partial charge on any atom is 0.232 e. The molecule has 1 fully saturated rings. The first-order valence-electron chi connectivity index (χ1n) is 8.89. The average molecular weight is 359 g/mol. The molecule has 2 atom stereocenters. The van der Waals surface area contributed by atoms with Crippen LogP contribution >= 0.6 is 0 Å². The summed E-state index contributed by atoms with van der Waals surface area (Å²) in [5.41, 5.74) is 0.700. The highest BCUT2D eigenvalue weighted by Gasteiger charge is 2.50. The molecule has 138 valence electrons. The third-order valence-electron chi connectivity index (χ3n) is 5.60. The SMILES string of the molecule is CCC1(C(C)O)CCN(C(c2ccc(F)cc2)c2ccc(F)cc2)C1=O.